The average Bonchev–Trinajstić information content (AvgIpc) is 3.23. The summed E-state index contributed by atoms with van der Waals surface area (Å²) < 4.78 is 2.15. The van der Waals surface area contributed by atoms with E-state index in [0.29, 0.717) is 13.1 Å². The van der Waals surface area contributed by atoms with Gasteiger partial charge in [0.05, 0.1) is 12.2 Å². The zero-order chi connectivity index (χ0) is 20.1. The van der Waals surface area contributed by atoms with Crippen LogP contribution in [0, 0.1) is 0 Å². The van der Waals surface area contributed by atoms with Crippen molar-refractivity contribution in [2.75, 3.05) is 18.4 Å². The van der Waals surface area contributed by atoms with Crippen molar-refractivity contribution in [2.45, 2.75) is 38.6 Å². The summed E-state index contributed by atoms with van der Waals surface area (Å²) in [6.07, 6.45) is 8.56. The third-order valence-electron chi connectivity index (χ3n) is 5.52. The van der Waals surface area contributed by atoms with Crippen molar-refractivity contribution in [3.05, 3.63) is 78.1 Å². The van der Waals surface area contributed by atoms with Gasteiger partial charge in [-0.1, -0.05) is 31.2 Å². The maximum Gasteiger partial charge on any atom is 0.321 e. The molecule has 0 aliphatic carbocycles. The molecule has 1 fully saturated rings. The lowest BCUT2D eigenvalue weighted by atomic mass is 9.97. The van der Waals surface area contributed by atoms with Crippen LogP contribution in [0.25, 0.3) is 0 Å². The number of imidazole rings is 1. The first kappa shape index (κ1) is 19.2. The largest absolute Gasteiger partial charge is 0.329 e. The number of pyridine rings is 1. The Hall–Kier alpha value is -3.15. The predicted octanol–water partition coefficient (Wildman–Crippen LogP) is 4.30. The van der Waals surface area contributed by atoms with Gasteiger partial charge in [0.25, 0.3) is 0 Å². The molecule has 29 heavy (non-hydrogen) atoms. The smallest absolute Gasteiger partial charge is 0.321 e. The summed E-state index contributed by atoms with van der Waals surface area (Å²) in [4.78, 5) is 23.9. The fourth-order valence-corrected chi connectivity index (χ4v) is 4.00. The van der Waals surface area contributed by atoms with E-state index >= 15 is 0 Å². The molecule has 0 saturated carbocycles. The standard InChI is InChI=1S/C23H27N5O/c1-2-18-8-3-4-11-21(18)26-23(29)28-14-7-9-19(16-28)22-25-13-15-27(22)17-20-10-5-6-12-24-20/h3-6,8,10-13,15,19H,2,7,9,14,16-17H2,1H3,(H,26,29)/t19-/m0/s1. The van der Waals surface area contributed by atoms with Gasteiger partial charge in [-0.05, 0) is 43.0 Å². The minimum absolute atomic E-state index is 0.0292. The Kier molecular flexibility index (Phi) is 5.89. The van der Waals surface area contributed by atoms with E-state index in [4.69, 9.17) is 0 Å². The molecule has 1 saturated heterocycles. The quantitative estimate of drug-likeness (QED) is 0.708. The second-order valence-corrected chi connectivity index (χ2v) is 7.46. The molecule has 4 rings (SSSR count). The molecular weight excluding hydrogens is 362 g/mol. The number of nitrogens with zero attached hydrogens (tertiary/aromatic N) is 4. The van der Waals surface area contributed by atoms with Gasteiger partial charge < -0.3 is 14.8 Å². The Bertz CT molecular complexity index is 953. The molecule has 0 unspecified atom stereocenters. The highest BCUT2D eigenvalue weighted by Gasteiger charge is 2.27. The van der Waals surface area contributed by atoms with Gasteiger partial charge in [-0.3, -0.25) is 4.98 Å². The Labute approximate surface area is 171 Å². The second-order valence-electron chi connectivity index (χ2n) is 7.46. The molecule has 2 amide bonds. The average molecular weight is 390 g/mol. The third-order valence-corrected chi connectivity index (χ3v) is 5.52. The highest BCUT2D eigenvalue weighted by Crippen LogP contribution is 2.27. The Balaban J connectivity index is 1.45. The number of hydrogen-bond donors (Lipinski definition) is 1. The topological polar surface area (TPSA) is 63.1 Å². The summed E-state index contributed by atoms with van der Waals surface area (Å²) in [5.74, 6) is 1.26. The van der Waals surface area contributed by atoms with Crippen LogP contribution in [0.15, 0.2) is 61.1 Å². The lowest BCUT2D eigenvalue weighted by Crippen LogP contribution is -2.42. The molecule has 2 aromatic heterocycles. The van der Waals surface area contributed by atoms with Crippen LogP contribution in [-0.2, 0) is 13.0 Å². The van der Waals surface area contributed by atoms with E-state index in [2.05, 4.69) is 32.8 Å². The van der Waals surface area contributed by atoms with Gasteiger partial charge in [0, 0.05) is 43.3 Å². The summed E-state index contributed by atoms with van der Waals surface area (Å²) in [6.45, 7) is 4.25. The van der Waals surface area contributed by atoms with E-state index in [-0.39, 0.29) is 11.9 Å². The first-order chi connectivity index (χ1) is 14.2. The maximum atomic E-state index is 12.9. The normalized spacial score (nSPS) is 16.6. The summed E-state index contributed by atoms with van der Waals surface area (Å²) in [5, 5.41) is 3.10. The van der Waals surface area contributed by atoms with Gasteiger partial charge in [0.15, 0.2) is 0 Å². The van der Waals surface area contributed by atoms with Crippen molar-refractivity contribution in [2.24, 2.45) is 0 Å². The van der Waals surface area contributed by atoms with Crippen molar-refractivity contribution >= 4 is 11.7 Å². The molecule has 1 atom stereocenters. The minimum atomic E-state index is -0.0292. The van der Waals surface area contributed by atoms with Crippen molar-refractivity contribution in [1.29, 1.82) is 0 Å². The molecule has 6 heteroatoms. The van der Waals surface area contributed by atoms with Crippen LogP contribution in [0.4, 0.5) is 10.5 Å². The molecule has 0 spiro atoms. The molecule has 3 aromatic rings. The van der Waals surface area contributed by atoms with Gasteiger partial charge in [0.2, 0.25) is 0 Å². The number of amides is 2. The van der Waals surface area contributed by atoms with Crippen molar-refractivity contribution < 1.29 is 4.79 Å². The van der Waals surface area contributed by atoms with Crippen LogP contribution in [0.2, 0.25) is 0 Å². The molecule has 1 aliphatic rings. The summed E-state index contributed by atoms with van der Waals surface area (Å²) >= 11 is 0. The zero-order valence-electron chi connectivity index (χ0n) is 16.8. The lowest BCUT2D eigenvalue weighted by Gasteiger charge is -2.33. The van der Waals surface area contributed by atoms with E-state index in [1.807, 2.05) is 59.9 Å². The number of nitrogens with one attached hydrogen (secondary N) is 1. The van der Waals surface area contributed by atoms with Crippen molar-refractivity contribution in [1.82, 2.24) is 19.4 Å². The van der Waals surface area contributed by atoms with Gasteiger partial charge >= 0.3 is 6.03 Å². The number of benzene rings is 1. The Morgan fingerprint density at radius 1 is 1.14 bits per heavy atom. The fourth-order valence-electron chi connectivity index (χ4n) is 4.00. The number of carbonyl (C=O) groups excluding carboxylic acids is 1. The third kappa shape index (κ3) is 4.47. The Morgan fingerprint density at radius 3 is 2.83 bits per heavy atom. The van der Waals surface area contributed by atoms with E-state index in [9.17, 15) is 4.79 Å². The Morgan fingerprint density at radius 2 is 2.00 bits per heavy atom. The van der Waals surface area contributed by atoms with E-state index in [1.165, 1.54) is 0 Å². The summed E-state index contributed by atoms with van der Waals surface area (Å²) in [6, 6.07) is 13.9. The molecule has 1 aliphatic heterocycles. The van der Waals surface area contributed by atoms with Gasteiger partial charge in [-0.25, -0.2) is 9.78 Å². The monoisotopic (exact) mass is 389 g/mol. The van der Waals surface area contributed by atoms with Gasteiger partial charge in [0.1, 0.15) is 5.82 Å². The summed E-state index contributed by atoms with van der Waals surface area (Å²) in [7, 11) is 0. The van der Waals surface area contributed by atoms with Crippen LogP contribution >= 0.6 is 0 Å². The van der Waals surface area contributed by atoms with E-state index < -0.39 is 0 Å². The molecule has 1 N–H and O–H groups in total. The first-order valence-corrected chi connectivity index (χ1v) is 10.3. The predicted molar refractivity (Wildman–Crippen MR) is 114 cm³/mol. The van der Waals surface area contributed by atoms with E-state index in [0.717, 1.165) is 48.6 Å². The first-order valence-electron chi connectivity index (χ1n) is 10.3. The maximum absolute atomic E-state index is 12.9. The number of anilines is 1. The van der Waals surface area contributed by atoms with Crippen LogP contribution in [0.5, 0.6) is 0 Å². The van der Waals surface area contributed by atoms with Gasteiger partial charge in [-0.2, -0.15) is 0 Å². The number of aromatic nitrogens is 3. The number of rotatable bonds is 5. The number of aryl methyl sites for hydroxylation is 1. The number of urea groups is 1. The fraction of sp³-hybridized carbons (Fsp3) is 0.348. The molecule has 150 valence electrons. The molecule has 1 aromatic carbocycles. The number of likely N-dealkylation sites (tertiary alicyclic amines) is 1. The number of hydrogen-bond acceptors (Lipinski definition) is 3. The van der Waals surface area contributed by atoms with Crippen molar-refractivity contribution in [3.8, 4) is 0 Å². The molecule has 0 bridgehead atoms. The molecule has 3 heterocycles. The molecular formula is C23H27N5O. The SMILES string of the molecule is CCc1ccccc1NC(=O)N1CCC[C@H](c2nccn2Cc2ccccn2)C1. The second kappa shape index (κ2) is 8.90. The highest BCUT2D eigenvalue weighted by molar-refractivity contribution is 5.90. The van der Waals surface area contributed by atoms with Crippen LogP contribution in [-0.4, -0.2) is 38.6 Å². The lowest BCUT2D eigenvalue weighted by molar-refractivity contribution is 0.190. The van der Waals surface area contributed by atoms with E-state index in [1.54, 1.807) is 0 Å². The number of carbonyl (C=O) groups is 1. The number of piperidine rings is 1. The highest BCUT2D eigenvalue weighted by atomic mass is 16.2. The zero-order valence-corrected chi connectivity index (χ0v) is 16.8. The van der Waals surface area contributed by atoms with Gasteiger partial charge in [-0.15, -0.1) is 0 Å². The molecule has 6 nitrogen and oxygen atoms in total. The summed E-state index contributed by atoms with van der Waals surface area (Å²) in [5.41, 5.74) is 3.06. The van der Waals surface area contributed by atoms with Crippen LogP contribution in [0.1, 0.15) is 42.8 Å². The van der Waals surface area contributed by atoms with Crippen molar-refractivity contribution in [3.63, 3.8) is 0 Å². The minimum Gasteiger partial charge on any atom is -0.329 e. The molecule has 0 radical (unpaired) electrons. The van der Waals surface area contributed by atoms with Crippen LogP contribution in [0.3, 0.4) is 0 Å². The van der Waals surface area contributed by atoms with Crippen LogP contribution < -0.4 is 5.32 Å². The number of para-hydroxylation sites is 1.